The van der Waals surface area contributed by atoms with Crippen molar-refractivity contribution in [2.75, 3.05) is 18.0 Å². The molecule has 2 N–H and O–H groups in total. The molecule has 1 fully saturated rings. The second-order valence-corrected chi connectivity index (χ2v) is 7.29. The molecule has 1 aliphatic heterocycles. The van der Waals surface area contributed by atoms with E-state index in [9.17, 15) is 0 Å². The van der Waals surface area contributed by atoms with Gasteiger partial charge >= 0.3 is 0 Å². The number of thiazole rings is 1. The highest BCUT2D eigenvalue weighted by Crippen LogP contribution is 2.35. The van der Waals surface area contributed by atoms with Crippen LogP contribution >= 0.6 is 11.3 Å². The molecule has 0 spiro atoms. The number of nitrogens with zero attached hydrogens (tertiary/aromatic N) is 2. The third-order valence-corrected chi connectivity index (χ3v) is 4.85. The summed E-state index contributed by atoms with van der Waals surface area (Å²) in [6.07, 6.45) is 2.58. The van der Waals surface area contributed by atoms with Crippen LogP contribution in [0.1, 0.15) is 51.1 Å². The molecule has 102 valence electrons. The molecule has 0 radical (unpaired) electrons. The summed E-state index contributed by atoms with van der Waals surface area (Å²) in [5.41, 5.74) is 7.14. The Morgan fingerprint density at radius 1 is 1.44 bits per heavy atom. The van der Waals surface area contributed by atoms with Crippen molar-refractivity contribution < 1.29 is 0 Å². The van der Waals surface area contributed by atoms with E-state index in [0.29, 0.717) is 6.54 Å². The first kappa shape index (κ1) is 13.8. The average Bonchev–Trinajstić information content (AvgIpc) is 2.94. The Morgan fingerprint density at radius 3 is 2.61 bits per heavy atom. The SMILES string of the molecule is CCC1CCN(c2nc(C(C)(C)C)c(CN)s2)C1. The third kappa shape index (κ3) is 2.69. The summed E-state index contributed by atoms with van der Waals surface area (Å²) < 4.78 is 0. The fourth-order valence-corrected chi connectivity index (χ4v) is 3.72. The Kier molecular flexibility index (Phi) is 3.97. The Labute approximate surface area is 114 Å². The van der Waals surface area contributed by atoms with E-state index in [4.69, 9.17) is 10.7 Å². The quantitative estimate of drug-likeness (QED) is 0.915. The van der Waals surface area contributed by atoms with Crippen LogP contribution in [0.3, 0.4) is 0 Å². The zero-order valence-corrected chi connectivity index (χ0v) is 12.8. The van der Waals surface area contributed by atoms with E-state index in [-0.39, 0.29) is 5.41 Å². The van der Waals surface area contributed by atoms with Gasteiger partial charge in [-0.2, -0.15) is 0 Å². The molecule has 18 heavy (non-hydrogen) atoms. The second kappa shape index (κ2) is 5.17. The van der Waals surface area contributed by atoms with Gasteiger partial charge < -0.3 is 10.6 Å². The van der Waals surface area contributed by atoms with Crippen molar-refractivity contribution in [2.24, 2.45) is 11.7 Å². The molecule has 3 nitrogen and oxygen atoms in total. The van der Waals surface area contributed by atoms with E-state index in [1.807, 2.05) is 0 Å². The first-order chi connectivity index (χ1) is 8.45. The summed E-state index contributed by atoms with van der Waals surface area (Å²) in [4.78, 5) is 8.55. The number of nitrogens with two attached hydrogens (primary N) is 1. The largest absolute Gasteiger partial charge is 0.348 e. The molecule has 0 aromatic carbocycles. The van der Waals surface area contributed by atoms with Crippen LogP contribution in [-0.2, 0) is 12.0 Å². The molecular weight excluding hydrogens is 242 g/mol. The lowest BCUT2D eigenvalue weighted by molar-refractivity contribution is 0.563. The number of hydrogen-bond donors (Lipinski definition) is 1. The van der Waals surface area contributed by atoms with Gasteiger partial charge in [0.25, 0.3) is 0 Å². The molecule has 0 bridgehead atoms. The molecule has 1 unspecified atom stereocenters. The Hall–Kier alpha value is -0.610. The Bertz CT molecular complexity index is 406. The molecule has 1 aromatic rings. The van der Waals surface area contributed by atoms with Gasteiger partial charge in [0.15, 0.2) is 5.13 Å². The smallest absolute Gasteiger partial charge is 0.185 e. The summed E-state index contributed by atoms with van der Waals surface area (Å²) in [5.74, 6) is 0.841. The molecule has 1 aromatic heterocycles. The minimum absolute atomic E-state index is 0.0906. The molecule has 0 saturated carbocycles. The van der Waals surface area contributed by atoms with Gasteiger partial charge in [-0.1, -0.05) is 34.1 Å². The van der Waals surface area contributed by atoms with Crippen molar-refractivity contribution in [2.45, 2.75) is 52.5 Å². The highest BCUT2D eigenvalue weighted by atomic mass is 32.1. The number of hydrogen-bond acceptors (Lipinski definition) is 4. The number of anilines is 1. The highest BCUT2D eigenvalue weighted by molar-refractivity contribution is 7.15. The van der Waals surface area contributed by atoms with Crippen LogP contribution in [-0.4, -0.2) is 18.1 Å². The monoisotopic (exact) mass is 267 g/mol. The summed E-state index contributed by atoms with van der Waals surface area (Å²) >= 11 is 1.79. The van der Waals surface area contributed by atoms with E-state index in [1.165, 1.54) is 28.5 Å². The molecule has 2 heterocycles. The maximum Gasteiger partial charge on any atom is 0.185 e. The van der Waals surface area contributed by atoms with Gasteiger partial charge in [0, 0.05) is 29.9 Å². The van der Waals surface area contributed by atoms with Crippen molar-refractivity contribution in [3.63, 3.8) is 0 Å². The van der Waals surface area contributed by atoms with Gasteiger partial charge in [0.2, 0.25) is 0 Å². The van der Waals surface area contributed by atoms with Gasteiger partial charge in [-0.15, -0.1) is 11.3 Å². The molecule has 0 amide bonds. The van der Waals surface area contributed by atoms with Crippen molar-refractivity contribution in [1.29, 1.82) is 0 Å². The van der Waals surface area contributed by atoms with E-state index in [2.05, 4.69) is 32.6 Å². The van der Waals surface area contributed by atoms with Crippen molar-refractivity contribution >= 4 is 16.5 Å². The third-order valence-electron chi connectivity index (χ3n) is 3.72. The predicted molar refractivity (Wildman–Crippen MR) is 79.3 cm³/mol. The zero-order chi connectivity index (χ0) is 13.3. The fourth-order valence-electron chi connectivity index (χ4n) is 2.54. The molecule has 4 heteroatoms. The normalized spacial score (nSPS) is 20.7. The van der Waals surface area contributed by atoms with Crippen LogP contribution in [0.4, 0.5) is 5.13 Å². The summed E-state index contributed by atoms with van der Waals surface area (Å²) in [6, 6.07) is 0. The van der Waals surface area contributed by atoms with Gasteiger partial charge in [-0.3, -0.25) is 0 Å². The lowest BCUT2D eigenvalue weighted by atomic mass is 9.91. The first-order valence-corrected chi connectivity index (χ1v) is 7.72. The molecule has 1 saturated heterocycles. The maximum absolute atomic E-state index is 5.86. The van der Waals surface area contributed by atoms with E-state index < -0.39 is 0 Å². The van der Waals surface area contributed by atoms with Crippen LogP contribution in [0.25, 0.3) is 0 Å². The van der Waals surface area contributed by atoms with Crippen LogP contribution in [0.15, 0.2) is 0 Å². The van der Waals surface area contributed by atoms with E-state index in [0.717, 1.165) is 19.0 Å². The van der Waals surface area contributed by atoms with Crippen LogP contribution in [0.5, 0.6) is 0 Å². The average molecular weight is 267 g/mol. The maximum atomic E-state index is 5.86. The van der Waals surface area contributed by atoms with Crippen LogP contribution in [0.2, 0.25) is 0 Å². The van der Waals surface area contributed by atoms with E-state index >= 15 is 0 Å². The molecule has 1 atom stereocenters. The first-order valence-electron chi connectivity index (χ1n) is 6.91. The number of rotatable bonds is 3. The number of aromatic nitrogens is 1. The molecule has 0 aliphatic carbocycles. The summed E-state index contributed by atoms with van der Waals surface area (Å²) in [6.45, 7) is 11.8. The minimum Gasteiger partial charge on any atom is -0.348 e. The lowest BCUT2D eigenvalue weighted by Gasteiger charge is -2.17. The van der Waals surface area contributed by atoms with E-state index in [1.54, 1.807) is 11.3 Å². The zero-order valence-electron chi connectivity index (χ0n) is 12.0. The van der Waals surface area contributed by atoms with Crippen LogP contribution in [0, 0.1) is 5.92 Å². The molecule has 2 rings (SSSR count). The van der Waals surface area contributed by atoms with Gasteiger partial charge in [-0.05, 0) is 12.3 Å². The summed E-state index contributed by atoms with van der Waals surface area (Å²) in [5, 5.41) is 1.18. The molecule has 1 aliphatic rings. The Morgan fingerprint density at radius 2 is 2.17 bits per heavy atom. The lowest BCUT2D eigenvalue weighted by Crippen LogP contribution is -2.20. The minimum atomic E-state index is 0.0906. The standard InChI is InChI=1S/C14H25N3S/c1-5-10-6-7-17(9-10)13-16-12(14(2,3)4)11(8-15)18-13/h10H,5-9,15H2,1-4H3. The second-order valence-electron chi connectivity index (χ2n) is 6.23. The topological polar surface area (TPSA) is 42.2 Å². The van der Waals surface area contributed by atoms with Crippen molar-refractivity contribution in [3.8, 4) is 0 Å². The summed E-state index contributed by atoms with van der Waals surface area (Å²) in [7, 11) is 0. The predicted octanol–water partition coefficient (Wildman–Crippen LogP) is 3.14. The van der Waals surface area contributed by atoms with Crippen LogP contribution < -0.4 is 10.6 Å². The Balaban J connectivity index is 2.23. The fraction of sp³-hybridized carbons (Fsp3) is 0.786. The van der Waals surface area contributed by atoms with Crippen molar-refractivity contribution in [3.05, 3.63) is 10.6 Å². The van der Waals surface area contributed by atoms with Gasteiger partial charge in [0.05, 0.1) is 5.69 Å². The van der Waals surface area contributed by atoms with Gasteiger partial charge in [0.1, 0.15) is 0 Å². The highest BCUT2D eigenvalue weighted by Gasteiger charge is 2.27. The molecular formula is C14H25N3S. The van der Waals surface area contributed by atoms with Gasteiger partial charge in [-0.25, -0.2) is 4.98 Å². The van der Waals surface area contributed by atoms with Crippen molar-refractivity contribution in [1.82, 2.24) is 4.98 Å².